The fourth-order valence-electron chi connectivity index (χ4n) is 1.12. The number of nitrogens with zero attached hydrogens (tertiary/aromatic N) is 1. The molecule has 0 spiro atoms. The highest BCUT2D eigenvalue weighted by Gasteiger charge is 2.19. The molecule has 0 radical (unpaired) electrons. The molecule has 2 N–H and O–H groups in total. The molecule has 2 unspecified atom stereocenters. The summed E-state index contributed by atoms with van der Waals surface area (Å²) in [5.41, 5.74) is 0.0386. The fourth-order valence-corrected chi connectivity index (χ4v) is 1.12. The smallest absolute Gasteiger partial charge is 0.159 e. The maximum atomic E-state index is 12.8. The van der Waals surface area contributed by atoms with Gasteiger partial charge in [0.2, 0.25) is 0 Å². The van der Waals surface area contributed by atoms with Gasteiger partial charge in [0.25, 0.3) is 0 Å². The minimum absolute atomic E-state index is 0.0386. The Labute approximate surface area is 85.2 Å². The molecule has 0 saturated heterocycles. The lowest BCUT2D eigenvalue weighted by Gasteiger charge is -2.15. The van der Waals surface area contributed by atoms with Gasteiger partial charge in [-0.2, -0.15) is 5.26 Å². The van der Waals surface area contributed by atoms with Crippen molar-refractivity contribution in [1.82, 2.24) is 0 Å². The molecule has 1 aromatic carbocycles. The topological polar surface area (TPSA) is 64.2 Å². The maximum Gasteiger partial charge on any atom is 0.159 e. The Morgan fingerprint density at radius 2 is 1.93 bits per heavy atom. The average Bonchev–Trinajstić information content (AvgIpc) is 2.21. The Hall–Kier alpha value is -1.51. The molecule has 5 heteroatoms. The summed E-state index contributed by atoms with van der Waals surface area (Å²) in [6, 6.07) is 4.47. The van der Waals surface area contributed by atoms with E-state index in [1.165, 1.54) is 0 Å². The van der Waals surface area contributed by atoms with Gasteiger partial charge in [-0.25, -0.2) is 8.78 Å². The first kappa shape index (κ1) is 11.6. The molecule has 0 saturated carbocycles. The van der Waals surface area contributed by atoms with Crippen molar-refractivity contribution in [3.63, 3.8) is 0 Å². The van der Waals surface area contributed by atoms with E-state index >= 15 is 0 Å². The molecule has 1 aromatic rings. The van der Waals surface area contributed by atoms with E-state index in [2.05, 4.69) is 0 Å². The Kier molecular flexibility index (Phi) is 3.72. The Balaban J connectivity index is 2.87. The van der Waals surface area contributed by atoms with Crippen LogP contribution in [0.2, 0.25) is 0 Å². The molecular formula is C10H9F2NO2. The van der Waals surface area contributed by atoms with Crippen molar-refractivity contribution in [2.75, 3.05) is 0 Å². The van der Waals surface area contributed by atoms with Crippen molar-refractivity contribution >= 4 is 0 Å². The minimum Gasteiger partial charge on any atom is -0.389 e. The normalized spacial score (nSPS) is 14.3. The third-order valence-electron chi connectivity index (χ3n) is 1.95. The van der Waals surface area contributed by atoms with E-state index in [0.29, 0.717) is 0 Å². The van der Waals surface area contributed by atoms with Crippen LogP contribution in [0.15, 0.2) is 18.2 Å². The molecule has 15 heavy (non-hydrogen) atoms. The Bertz CT molecular complexity index is 389. The zero-order chi connectivity index (χ0) is 11.4. The maximum absolute atomic E-state index is 12.8. The van der Waals surface area contributed by atoms with E-state index in [9.17, 15) is 19.0 Å². The highest BCUT2D eigenvalue weighted by atomic mass is 19.2. The molecule has 0 aliphatic heterocycles. The zero-order valence-corrected chi connectivity index (χ0v) is 7.69. The summed E-state index contributed by atoms with van der Waals surface area (Å²) in [6.07, 6.45) is -2.97. The molecule has 1 rings (SSSR count). The van der Waals surface area contributed by atoms with Gasteiger partial charge in [-0.3, -0.25) is 0 Å². The summed E-state index contributed by atoms with van der Waals surface area (Å²) in [4.78, 5) is 0. The second kappa shape index (κ2) is 4.82. The second-order valence-electron chi connectivity index (χ2n) is 3.05. The molecule has 80 valence electrons. The number of halogens is 2. The SMILES string of the molecule is N#CCC(O)C(O)c1ccc(F)c(F)c1. The van der Waals surface area contributed by atoms with Gasteiger partial charge in [0.1, 0.15) is 6.10 Å². The number of benzene rings is 1. The third-order valence-corrected chi connectivity index (χ3v) is 1.95. The third kappa shape index (κ3) is 2.72. The van der Waals surface area contributed by atoms with Gasteiger partial charge in [0.05, 0.1) is 18.6 Å². The lowest BCUT2D eigenvalue weighted by molar-refractivity contribution is 0.0214. The van der Waals surface area contributed by atoms with Gasteiger partial charge < -0.3 is 10.2 Å². The van der Waals surface area contributed by atoms with Crippen LogP contribution in [0, 0.1) is 23.0 Å². The zero-order valence-electron chi connectivity index (χ0n) is 7.69. The van der Waals surface area contributed by atoms with E-state index in [-0.39, 0.29) is 12.0 Å². The highest BCUT2D eigenvalue weighted by molar-refractivity contribution is 5.21. The summed E-state index contributed by atoms with van der Waals surface area (Å²) < 4.78 is 25.3. The predicted molar refractivity (Wildman–Crippen MR) is 47.6 cm³/mol. The summed E-state index contributed by atoms with van der Waals surface area (Å²) in [6.45, 7) is 0. The van der Waals surface area contributed by atoms with Crippen LogP contribution in [-0.2, 0) is 0 Å². The van der Waals surface area contributed by atoms with Crippen LogP contribution in [0.4, 0.5) is 8.78 Å². The molecule has 0 aliphatic rings. The quantitative estimate of drug-likeness (QED) is 0.794. The number of rotatable bonds is 3. The number of nitriles is 1. The Morgan fingerprint density at radius 1 is 1.27 bits per heavy atom. The first-order valence-corrected chi connectivity index (χ1v) is 4.24. The summed E-state index contributed by atoms with van der Waals surface area (Å²) in [7, 11) is 0. The van der Waals surface area contributed by atoms with Crippen LogP contribution in [0.1, 0.15) is 18.1 Å². The molecule has 3 nitrogen and oxygen atoms in total. The molecular weight excluding hydrogens is 204 g/mol. The number of hydrogen-bond acceptors (Lipinski definition) is 3. The summed E-state index contributed by atoms with van der Waals surface area (Å²) in [5.74, 6) is -2.13. The van der Waals surface area contributed by atoms with Gasteiger partial charge >= 0.3 is 0 Å². The van der Waals surface area contributed by atoms with E-state index in [0.717, 1.165) is 18.2 Å². The largest absolute Gasteiger partial charge is 0.389 e. The highest BCUT2D eigenvalue weighted by Crippen LogP contribution is 2.20. The molecule has 0 aromatic heterocycles. The Morgan fingerprint density at radius 3 is 2.47 bits per heavy atom. The fraction of sp³-hybridized carbons (Fsp3) is 0.300. The van der Waals surface area contributed by atoms with Crippen molar-refractivity contribution in [2.45, 2.75) is 18.6 Å². The van der Waals surface area contributed by atoms with Crippen molar-refractivity contribution < 1.29 is 19.0 Å². The van der Waals surface area contributed by atoms with Crippen molar-refractivity contribution in [3.8, 4) is 6.07 Å². The van der Waals surface area contributed by atoms with Crippen molar-refractivity contribution in [3.05, 3.63) is 35.4 Å². The molecule has 0 aliphatic carbocycles. The van der Waals surface area contributed by atoms with Crippen LogP contribution in [0.5, 0.6) is 0 Å². The monoisotopic (exact) mass is 213 g/mol. The first-order chi connectivity index (χ1) is 7.06. The van der Waals surface area contributed by atoms with Crippen LogP contribution in [0.25, 0.3) is 0 Å². The van der Waals surface area contributed by atoms with E-state index in [1.54, 1.807) is 6.07 Å². The van der Waals surface area contributed by atoms with E-state index in [1.807, 2.05) is 0 Å². The second-order valence-corrected chi connectivity index (χ2v) is 3.05. The minimum atomic E-state index is -1.39. The summed E-state index contributed by atoms with van der Waals surface area (Å²) in [5, 5.41) is 27.0. The number of hydrogen-bond donors (Lipinski definition) is 2. The van der Waals surface area contributed by atoms with Gasteiger partial charge in [0, 0.05) is 0 Å². The molecule has 2 atom stereocenters. The van der Waals surface area contributed by atoms with Crippen LogP contribution in [-0.4, -0.2) is 16.3 Å². The van der Waals surface area contributed by atoms with Crippen LogP contribution >= 0.6 is 0 Å². The van der Waals surface area contributed by atoms with Crippen molar-refractivity contribution in [1.29, 1.82) is 5.26 Å². The molecule has 0 fully saturated rings. The van der Waals surface area contributed by atoms with Gasteiger partial charge in [-0.15, -0.1) is 0 Å². The molecule has 0 heterocycles. The van der Waals surface area contributed by atoms with Gasteiger partial charge in [0.15, 0.2) is 11.6 Å². The van der Waals surface area contributed by atoms with E-state index < -0.39 is 23.8 Å². The predicted octanol–water partition coefficient (Wildman–Crippen LogP) is 1.27. The average molecular weight is 213 g/mol. The van der Waals surface area contributed by atoms with Gasteiger partial charge in [-0.05, 0) is 17.7 Å². The van der Waals surface area contributed by atoms with E-state index in [4.69, 9.17) is 5.26 Å². The lowest BCUT2D eigenvalue weighted by Crippen LogP contribution is -2.17. The summed E-state index contributed by atoms with van der Waals surface area (Å²) >= 11 is 0. The standard InChI is InChI=1S/C10H9F2NO2/c11-7-2-1-6(5-8(7)12)10(15)9(14)3-4-13/h1-2,5,9-10,14-15H,3H2. The lowest BCUT2D eigenvalue weighted by atomic mass is 10.0. The van der Waals surface area contributed by atoms with Crippen LogP contribution in [0.3, 0.4) is 0 Å². The van der Waals surface area contributed by atoms with Crippen molar-refractivity contribution in [2.24, 2.45) is 0 Å². The molecule has 0 bridgehead atoms. The van der Waals surface area contributed by atoms with Crippen LogP contribution < -0.4 is 0 Å². The molecule has 0 amide bonds. The number of aliphatic hydroxyl groups excluding tert-OH is 2. The number of aliphatic hydroxyl groups is 2. The van der Waals surface area contributed by atoms with Gasteiger partial charge in [-0.1, -0.05) is 6.07 Å². The first-order valence-electron chi connectivity index (χ1n) is 4.24.